The van der Waals surface area contributed by atoms with E-state index in [1.165, 1.54) is 13.8 Å². The lowest BCUT2D eigenvalue weighted by atomic mass is 10.9. The lowest BCUT2D eigenvalue weighted by molar-refractivity contribution is 0.170. The molecule has 2 heteroatoms. The molecule has 0 aromatic rings. The van der Waals surface area contributed by atoms with Gasteiger partial charge in [0.1, 0.15) is 0 Å². The first-order valence-corrected chi connectivity index (χ1v) is 1.76. The van der Waals surface area contributed by atoms with E-state index in [1.807, 2.05) is 0 Å². The van der Waals surface area contributed by atoms with Crippen LogP contribution in [0.15, 0.2) is 0 Å². The Morgan fingerprint density at radius 3 is 2.00 bits per heavy atom. The van der Waals surface area contributed by atoms with Gasteiger partial charge in [0.05, 0.1) is 7.45 Å². The smallest absolute Gasteiger partial charge is 0.0660 e. The van der Waals surface area contributed by atoms with Crippen molar-refractivity contribution >= 4 is 0 Å². The van der Waals surface area contributed by atoms with E-state index in [2.05, 4.69) is 0 Å². The summed E-state index contributed by atoms with van der Waals surface area (Å²) in [6.07, 6.45) is -1.87. The first-order valence-electron chi connectivity index (χ1n) is 2.76. The van der Waals surface area contributed by atoms with E-state index in [-0.39, 0.29) is 0 Å². The minimum Gasteiger partial charge on any atom is -0.392 e. The Morgan fingerprint density at radius 1 is 1.83 bits per heavy atom. The van der Waals surface area contributed by atoms with E-state index >= 15 is 0 Å². The molecule has 0 heterocycles. The quantitative estimate of drug-likeness (QED) is 0.438. The summed E-state index contributed by atoms with van der Waals surface area (Å²) in [7, 11) is 0. The topological polar surface area (TPSA) is 46.2 Å². The summed E-state index contributed by atoms with van der Waals surface area (Å²) in [5, 5.41) is 8.71. The summed E-state index contributed by atoms with van der Waals surface area (Å²) < 4.78 is 13.8. The van der Waals surface area contributed by atoms with E-state index in [0.717, 1.165) is 0 Å². The van der Waals surface area contributed by atoms with Crippen LogP contribution in [0.4, 0.5) is 0 Å². The molecule has 1 unspecified atom stereocenters. The molecule has 38 valence electrons. The van der Waals surface area contributed by atoms with Crippen molar-refractivity contribution in [1.82, 2.24) is 0 Å². The Bertz CT molecular complexity index is 69.0. The molecule has 0 spiro atoms. The molecule has 0 fully saturated rings. The zero-order valence-electron chi connectivity index (χ0n) is 6.02. The van der Waals surface area contributed by atoms with Crippen molar-refractivity contribution < 1.29 is 7.85 Å². The second kappa shape index (κ2) is 2.16. The molecule has 0 saturated carbocycles. The van der Waals surface area contributed by atoms with Gasteiger partial charge in [0.2, 0.25) is 0 Å². The maximum Gasteiger partial charge on any atom is 0.0660 e. The van der Waals surface area contributed by atoms with Crippen molar-refractivity contribution in [2.75, 3.05) is 0 Å². The summed E-state index contributed by atoms with van der Waals surface area (Å²) in [6, 6.07) is -1.59. The lowest BCUT2D eigenvalue weighted by Crippen LogP contribution is -2.28. The molecule has 0 aliphatic heterocycles. The average Bonchev–Trinajstić information content (AvgIpc) is 1.25. The molecular formula is C4H11NO. The number of nitrogens with two attached hydrogens (primary N) is 1. The van der Waals surface area contributed by atoms with Crippen molar-refractivity contribution in [1.29, 1.82) is 0 Å². The molecule has 6 heavy (non-hydrogen) atoms. The van der Waals surface area contributed by atoms with Crippen LogP contribution in [0.5, 0.6) is 0 Å². The SMILES string of the molecule is [2H][13C](C)(O)[13C@]([2H])(C)N. The Hall–Kier alpha value is -0.0800. The lowest BCUT2D eigenvalue weighted by Gasteiger charge is -2.04. The van der Waals surface area contributed by atoms with Crippen LogP contribution in [-0.2, 0) is 0 Å². The highest BCUT2D eigenvalue weighted by molar-refractivity contribution is 4.57. The number of hydrogen-bond donors (Lipinski definition) is 2. The van der Waals surface area contributed by atoms with Crippen LogP contribution in [0.25, 0.3) is 0 Å². The third-order valence-electron chi connectivity index (χ3n) is 0.571. The van der Waals surface area contributed by atoms with Gasteiger partial charge in [-0.1, -0.05) is 0 Å². The summed E-state index contributed by atoms with van der Waals surface area (Å²) in [4.78, 5) is 0. The molecule has 0 aliphatic carbocycles. The van der Waals surface area contributed by atoms with Crippen molar-refractivity contribution in [3.05, 3.63) is 0 Å². The minimum absolute atomic E-state index is 1.18. The predicted octanol–water partition coefficient (Wildman–Crippen LogP) is -0.286. The number of rotatable bonds is 1. The largest absolute Gasteiger partial charge is 0.392 e. The van der Waals surface area contributed by atoms with Gasteiger partial charge in [0.15, 0.2) is 0 Å². The van der Waals surface area contributed by atoms with Crippen molar-refractivity contribution in [3.8, 4) is 0 Å². The maximum absolute atomic E-state index is 8.71. The zero-order chi connectivity index (χ0) is 7.00. The molecule has 0 saturated heterocycles. The van der Waals surface area contributed by atoms with Gasteiger partial charge < -0.3 is 10.8 Å². The summed E-state index contributed by atoms with van der Waals surface area (Å²) in [5.74, 6) is 0. The van der Waals surface area contributed by atoms with Crippen molar-refractivity contribution in [2.24, 2.45) is 5.73 Å². The second-order valence-electron chi connectivity index (χ2n) is 1.27. The van der Waals surface area contributed by atoms with E-state index in [0.29, 0.717) is 0 Å². The third-order valence-corrected chi connectivity index (χ3v) is 0.571. The standard InChI is InChI=1S/C4H11NO/c1-3(5)4(2)6/h3-4,6H,5H2,1-2H3/t3-,4?/m0/s1/i3+1D,4+1D. The molecule has 0 rings (SSSR count). The van der Waals surface area contributed by atoms with E-state index in [4.69, 9.17) is 13.6 Å². The molecule has 0 aromatic heterocycles. The highest BCUT2D eigenvalue weighted by atomic mass is 16.4. The molecule has 2 atom stereocenters. The Morgan fingerprint density at radius 2 is 2.00 bits per heavy atom. The van der Waals surface area contributed by atoms with Crippen LogP contribution in [0, 0.1) is 0 Å². The molecule has 2 nitrogen and oxygen atoms in total. The fourth-order valence-corrected chi connectivity index (χ4v) is 0. The van der Waals surface area contributed by atoms with Gasteiger partial charge in [-0.25, -0.2) is 0 Å². The monoisotopic (exact) mass is 93.1 g/mol. The van der Waals surface area contributed by atoms with Gasteiger partial charge in [0, 0.05) is 7.39 Å². The van der Waals surface area contributed by atoms with Crippen LogP contribution in [0.2, 0.25) is 0 Å². The van der Waals surface area contributed by atoms with Gasteiger partial charge in [-0.3, -0.25) is 0 Å². The Labute approximate surface area is 40.8 Å². The van der Waals surface area contributed by atoms with Gasteiger partial charge in [-0.05, 0) is 13.8 Å². The first-order chi connectivity index (χ1) is 3.25. The van der Waals surface area contributed by atoms with E-state index in [1.54, 1.807) is 0 Å². The fraction of sp³-hybridized carbons (Fsp3) is 1.00. The van der Waals surface area contributed by atoms with E-state index < -0.39 is 12.1 Å². The Balaban J connectivity index is 4.02. The van der Waals surface area contributed by atoms with Crippen LogP contribution >= 0.6 is 0 Å². The van der Waals surface area contributed by atoms with Gasteiger partial charge in [0.25, 0.3) is 0 Å². The molecule has 0 amide bonds. The van der Waals surface area contributed by atoms with Crippen LogP contribution in [0.3, 0.4) is 0 Å². The van der Waals surface area contributed by atoms with Gasteiger partial charge >= 0.3 is 0 Å². The highest BCUT2D eigenvalue weighted by Gasteiger charge is 1.97. The zero-order valence-corrected chi connectivity index (χ0v) is 4.02. The van der Waals surface area contributed by atoms with Gasteiger partial charge in [-0.2, -0.15) is 0 Å². The molecule has 0 radical (unpaired) electrons. The Kier molecular flexibility index (Phi) is 1.08. The molecular weight excluding hydrogens is 80.0 g/mol. The van der Waals surface area contributed by atoms with Crippen molar-refractivity contribution in [2.45, 2.75) is 25.9 Å². The highest BCUT2D eigenvalue weighted by Crippen LogP contribution is 1.81. The molecule has 0 aliphatic rings. The summed E-state index contributed by atoms with van der Waals surface area (Å²) in [5.41, 5.74) is 5.04. The van der Waals surface area contributed by atoms with Gasteiger partial charge in [-0.15, -0.1) is 0 Å². The second-order valence-corrected chi connectivity index (χ2v) is 1.27. The number of hydrogen-bond acceptors (Lipinski definition) is 2. The predicted molar refractivity (Wildman–Crippen MR) is 25.3 cm³/mol. The van der Waals surface area contributed by atoms with Crippen LogP contribution in [-0.4, -0.2) is 17.2 Å². The maximum atomic E-state index is 8.71. The summed E-state index contributed by atoms with van der Waals surface area (Å²) in [6.45, 7) is 2.46. The number of aliphatic hydroxyl groups is 1. The van der Waals surface area contributed by atoms with Crippen LogP contribution in [0.1, 0.15) is 16.6 Å². The third kappa shape index (κ3) is 2.18. The molecule has 0 aromatic carbocycles. The molecule has 0 bridgehead atoms. The first kappa shape index (κ1) is 2.99. The van der Waals surface area contributed by atoms with Crippen molar-refractivity contribution in [3.63, 3.8) is 0 Å². The normalized spacial score (nSPS) is 35.3. The molecule has 3 N–H and O–H groups in total. The minimum atomic E-state index is -1.87. The fourth-order valence-electron chi connectivity index (χ4n) is 0. The van der Waals surface area contributed by atoms with Crippen LogP contribution < -0.4 is 5.73 Å². The summed E-state index contributed by atoms with van der Waals surface area (Å²) >= 11 is 0. The average molecular weight is 93.1 g/mol. The van der Waals surface area contributed by atoms with E-state index in [9.17, 15) is 0 Å².